The van der Waals surface area contributed by atoms with Crippen molar-refractivity contribution in [3.05, 3.63) is 65.5 Å². The molecule has 4 rings (SSSR count). The summed E-state index contributed by atoms with van der Waals surface area (Å²) in [4.78, 5) is 31.0. The summed E-state index contributed by atoms with van der Waals surface area (Å²) in [5, 5.41) is 3.25. The summed E-state index contributed by atoms with van der Waals surface area (Å²) < 4.78 is 0. The Hall–Kier alpha value is -2.69. The van der Waals surface area contributed by atoms with E-state index in [1.54, 1.807) is 17.3 Å². The first-order chi connectivity index (χ1) is 13.0. The standard InChI is InChI=1S/C22H25N3O2/c1-16-4-2-5-17(10-16)12-22(7-8-22)24-21(27)19-11-20(26)25(15-19)14-18-6-3-9-23-13-18/h2-6,9-10,13,19H,7-8,11-12,14-15H2,1H3,(H,24,27)/t19-/m0/s1. The van der Waals surface area contributed by atoms with Crippen molar-refractivity contribution in [1.29, 1.82) is 0 Å². The van der Waals surface area contributed by atoms with Crippen molar-refractivity contribution in [3.8, 4) is 0 Å². The number of benzene rings is 1. The second kappa shape index (κ2) is 7.14. The fourth-order valence-corrected chi connectivity index (χ4v) is 3.89. The lowest BCUT2D eigenvalue weighted by Crippen LogP contribution is -2.42. The third-order valence-corrected chi connectivity index (χ3v) is 5.55. The Morgan fingerprint density at radius 3 is 2.78 bits per heavy atom. The minimum atomic E-state index is -0.260. The summed E-state index contributed by atoms with van der Waals surface area (Å²) in [6.07, 6.45) is 6.66. The molecule has 1 saturated carbocycles. The highest BCUT2D eigenvalue weighted by Crippen LogP contribution is 2.39. The third-order valence-electron chi connectivity index (χ3n) is 5.55. The van der Waals surface area contributed by atoms with Crippen molar-refractivity contribution in [3.63, 3.8) is 0 Å². The first-order valence-electron chi connectivity index (χ1n) is 9.57. The lowest BCUT2D eigenvalue weighted by atomic mass is 10.0. The Bertz CT molecular complexity index is 846. The molecule has 1 saturated heterocycles. The van der Waals surface area contributed by atoms with Crippen molar-refractivity contribution in [1.82, 2.24) is 15.2 Å². The van der Waals surface area contributed by atoms with Gasteiger partial charge in [0.2, 0.25) is 11.8 Å². The molecule has 2 fully saturated rings. The van der Waals surface area contributed by atoms with Gasteiger partial charge in [0.1, 0.15) is 0 Å². The van der Waals surface area contributed by atoms with Gasteiger partial charge in [0.25, 0.3) is 0 Å². The number of pyridine rings is 1. The second-order valence-electron chi connectivity index (χ2n) is 7.97. The molecule has 1 aliphatic carbocycles. The summed E-state index contributed by atoms with van der Waals surface area (Å²) in [5.74, 6) is -0.200. The van der Waals surface area contributed by atoms with E-state index in [0.717, 1.165) is 24.8 Å². The maximum atomic E-state index is 12.8. The molecule has 0 radical (unpaired) electrons. The van der Waals surface area contributed by atoms with Gasteiger partial charge in [-0.25, -0.2) is 0 Å². The first kappa shape index (κ1) is 17.7. The summed E-state index contributed by atoms with van der Waals surface area (Å²) in [5.41, 5.74) is 3.37. The van der Waals surface area contributed by atoms with Crippen LogP contribution in [0.2, 0.25) is 0 Å². The molecule has 1 aromatic heterocycles. The number of hydrogen-bond acceptors (Lipinski definition) is 3. The third kappa shape index (κ3) is 4.18. The smallest absolute Gasteiger partial charge is 0.225 e. The van der Waals surface area contributed by atoms with Crippen molar-refractivity contribution >= 4 is 11.8 Å². The Morgan fingerprint density at radius 2 is 2.07 bits per heavy atom. The molecule has 2 aromatic rings. The van der Waals surface area contributed by atoms with Crippen molar-refractivity contribution in [2.24, 2.45) is 5.92 Å². The fraction of sp³-hybridized carbons (Fsp3) is 0.409. The predicted octanol–water partition coefficient (Wildman–Crippen LogP) is 2.63. The van der Waals surface area contributed by atoms with Crippen LogP contribution in [0.1, 0.15) is 36.0 Å². The number of likely N-dealkylation sites (tertiary alicyclic amines) is 1. The second-order valence-corrected chi connectivity index (χ2v) is 7.97. The Balaban J connectivity index is 1.35. The molecule has 5 nitrogen and oxygen atoms in total. The average Bonchev–Trinajstić information content (AvgIpc) is 3.29. The van der Waals surface area contributed by atoms with Crippen LogP contribution < -0.4 is 5.32 Å². The summed E-state index contributed by atoms with van der Waals surface area (Å²) in [6.45, 7) is 3.09. The van der Waals surface area contributed by atoms with E-state index >= 15 is 0 Å². The van der Waals surface area contributed by atoms with E-state index in [1.807, 2.05) is 12.1 Å². The minimum absolute atomic E-state index is 0.0159. The molecule has 27 heavy (non-hydrogen) atoms. The monoisotopic (exact) mass is 363 g/mol. The van der Waals surface area contributed by atoms with Crippen LogP contribution in [0.4, 0.5) is 0 Å². The van der Waals surface area contributed by atoms with Crippen LogP contribution >= 0.6 is 0 Å². The topological polar surface area (TPSA) is 62.3 Å². The number of nitrogens with zero attached hydrogens (tertiary/aromatic N) is 2. The van der Waals surface area contributed by atoms with Gasteiger partial charge in [0.05, 0.1) is 5.92 Å². The van der Waals surface area contributed by atoms with Gasteiger partial charge in [0.15, 0.2) is 0 Å². The van der Waals surface area contributed by atoms with E-state index in [0.29, 0.717) is 19.5 Å². The number of amides is 2. The summed E-state index contributed by atoms with van der Waals surface area (Å²) in [6, 6.07) is 12.3. The van der Waals surface area contributed by atoms with Crippen LogP contribution in [0.3, 0.4) is 0 Å². The van der Waals surface area contributed by atoms with Crippen LogP contribution in [0.5, 0.6) is 0 Å². The number of rotatable bonds is 6. The predicted molar refractivity (Wildman–Crippen MR) is 103 cm³/mol. The highest BCUT2D eigenvalue weighted by molar-refractivity contribution is 5.89. The van der Waals surface area contributed by atoms with Crippen LogP contribution in [0.25, 0.3) is 0 Å². The van der Waals surface area contributed by atoms with Crippen LogP contribution in [0, 0.1) is 12.8 Å². The molecule has 5 heteroatoms. The zero-order valence-corrected chi connectivity index (χ0v) is 15.6. The number of hydrogen-bond donors (Lipinski definition) is 1. The van der Waals surface area contributed by atoms with Crippen molar-refractivity contribution in [2.45, 2.75) is 44.7 Å². The van der Waals surface area contributed by atoms with E-state index in [2.05, 4.69) is 41.5 Å². The zero-order chi connectivity index (χ0) is 18.9. The van der Waals surface area contributed by atoms with E-state index in [1.165, 1.54) is 11.1 Å². The van der Waals surface area contributed by atoms with E-state index in [4.69, 9.17) is 0 Å². The van der Waals surface area contributed by atoms with Crippen molar-refractivity contribution < 1.29 is 9.59 Å². The zero-order valence-electron chi connectivity index (χ0n) is 15.6. The number of nitrogens with one attached hydrogen (secondary N) is 1. The average molecular weight is 363 g/mol. The van der Waals surface area contributed by atoms with Gasteiger partial charge >= 0.3 is 0 Å². The molecule has 1 aliphatic heterocycles. The molecule has 2 heterocycles. The highest BCUT2D eigenvalue weighted by Gasteiger charge is 2.46. The van der Waals surface area contributed by atoms with E-state index in [9.17, 15) is 9.59 Å². The molecule has 0 bridgehead atoms. The molecule has 2 aliphatic rings. The lowest BCUT2D eigenvalue weighted by molar-refractivity contribution is -0.129. The normalized spacial score (nSPS) is 20.6. The van der Waals surface area contributed by atoms with Crippen LogP contribution in [0.15, 0.2) is 48.8 Å². The van der Waals surface area contributed by atoms with Gasteiger partial charge in [0, 0.05) is 37.4 Å². The molecule has 0 spiro atoms. The van der Waals surface area contributed by atoms with Gasteiger partial charge in [-0.15, -0.1) is 0 Å². The summed E-state index contributed by atoms with van der Waals surface area (Å²) in [7, 11) is 0. The molecule has 1 atom stereocenters. The molecular formula is C22H25N3O2. The van der Waals surface area contributed by atoms with Crippen molar-refractivity contribution in [2.75, 3.05) is 6.54 Å². The van der Waals surface area contributed by atoms with E-state index in [-0.39, 0.29) is 23.3 Å². The van der Waals surface area contributed by atoms with Gasteiger partial charge in [-0.3, -0.25) is 14.6 Å². The SMILES string of the molecule is Cc1cccc(CC2(NC(=O)[C@H]3CC(=O)N(Cc4cccnc4)C3)CC2)c1. The highest BCUT2D eigenvalue weighted by atomic mass is 16.2. The van der Waals surface area contributed by atoms with Gasteiger partial charge < -0.3 is 10.2 Å². The Morgan fingerprint density at radius 1 is 1.26 bits per heavy atom. The van der Waals surface area contributed by atoms with Crippen LogP contribution in [-0.4, -0.2) is 33.8 Å². The summed E-state index contributed by atoms with van der Waals surface area (Å²) >= 11 is 0. The largest absolute Gasteiger partial charge is 0.350 e. The maximum Gasteiger partial charge on any atom is 0.225 e. The molecular weight excluding hydrogens is 338 g/mol. The van der Waals surface area contributed by atoms with Crippen LogP contribution in [-0.2, 0) is 22.6 Å². The quantitative estimate of drug-likeness (QED) is 0.858. The Kier molecular flexibility index (Phi) is 4.68. The Labute approximate surface area is 159 Å². The van der Waals surface area contributed by atoms with Gasteiger partial charge in [-0.2, -0.15) is 0 Å². The maximum absolute atomic E-state index is 12.8. The number of aryl methyl sites for hydroxylation is 1. The molecule has 140 valence electrons. The van der Waals surface area contributed by atoms with Gasteiger partial charge in [-0.1, -0.05) is 35.9 Å². The van der Waals surface area contributed by atoms with Gasteiger partial charge in [-0.05, 0) is 43.4 Å². The first-order valence-corrected chi connectivity index (χ1v) is 9.57. The fourth-order valence-electron chi connectivity index (χ4n) is 3.89. The number of carbonyl (C=O) groups is 2. The molecule has 1 N–H and O–H groups in total. The number of carbonyl (C=O) groups excluding carboxylic acids is 2. The minimum Gasteiger partial charge on any atom is -0.350 e. The van der Waals surface area contributed by atoms with E-state index < -0.39 is 0 Å². The molecule has 2 amide bonds. The lowest BCUT2D eigenvalue weighted by Gasteiger charge is -2.21. The number of aromatic nitrogens is 1. The molecule has 0 unspecified atom stereocenters. The molecule has 1 aromatic carbocycles.